The molecule has 21 heavy (non-hydrogen) atoms. The first kappa shape index (κ1) is 25.7. The van der Waals surface area contributed by atoms with Crippen molar-refractivity contribution in [3.63, 3.8) is 0 Å². The van der Waals surface area contributed by atoms with Gasteiger partial charge < -0.3 is 0 Å². The minimum atomic E-state index is -0.312. The molecule has 0 rings (SSSR count). The molecule has 0 saturated carbocycles. The van der Waals surface area contributed by atoms with Crippen LogP contribution in [-0.4, -0.2) is 25.2 Å². The van der Waals surface area contributed by atoms with Crippen molar-refractivity contribution in [3.05, 3.63) is 0 Å². The van der Waals surface area contributed by atoms with Gasteiger partial charge in [-0.25, -0.2) is 9.59 Å². The summed E-state index contributed by atoms with van der Waals surface area (Å²) in [6, 6.07) is 0. The monoisotopic (exact) mass is 382 g/mol. The van der Waals surface area contributed by atoms with E-state index in [0.29, 0.717) is 13.2 Å². The maximum Gasteiger partial charge on any atom is 0.344 e. The molecule has 7 heteroatoms. The van der Waals surface area contributed by atoms with Gasteiger partial charge in [-0.15, -0.1) is 0 Å². The van der Waals surface area contributed by atoms with Crippen molar-refractivity contribution in [2.24, 2.45) is 11.8 Å². The van der Waals surface area contributed by atoms with Crippen molar-refractivity contribution in [2.45, 2.75) is 54.4 Å². The van der Waals surface area contributed by atoms with Crippen LogP contribution >= 0.6 is 0 Å². The fourth-order valence-electron chi connectivity index (χ4n) is 0.559. The topological polar surface area (TPSA) is 71.1 Å². The Bertz CT molecular complexity index is 230. The first-order valence-corrected chi connectivity index (χ1v) is 7.03. The quantitative estimate of drug-likeness (QED) is 0.364. The van der Waals surface area contributed by atoms with E-state index < -0.39 is 0 Å². The molecule has 124 valence electrons. The SMILES string of the molecule is CCCOOC(=O)C(C)C.CCCOOC(=O)C(C)C.[Zr]. The van der Waals surface area contributed by atoms with Crippen molar-refractivity contribution >= 4 is 11.9 Å². The van der Waals surface area contributed by atoms with Crippen LogP contribution in [0, 0.1) is 11.8 Å². The van der Waals surface area contributed by atoms with Gasteiger partial charge in [-0.05, 0) is 12.8 Å². The Labute approximate surface area is 146 Å². The summed E-state index contributed by atoms with van der Waals surface area (Å²) >= 11 is 0. The van der Waals surface area contributed by atoms with Gasteiger partial charge in [0.05, 0.1) is 25.0 Å². The summed E-state index contributed by atoms with van der Waals surface area (Å²) in [4.78, 5) is 39.3. The molecule has 0 aliphatic rings. The third-order valence-corrected chi connectivity index (χ3v) is 1.80. The van der Waals surface area contributed by atoms with Crippen molar-refractivity contribution in [3.8, 4) is 0 Å². The van der Waals surface area contributed by atoms with Crippen molar-refractivity contribution in [1.82, 2.24) is 0 Å². The zero-order valence-corrected chi connectivity index (χ0v) is 16.4. The second-order valence-electron chi connectivity index (χ2n) is 4.76. The molecule has 0 bridgehead atoms. The van der Waals surface area contributed by atoms with Gasteiger partial charge in [-0.2, -0.15) is 9.78 Å². The predicted molar refractivity (Wildman–Crippen MR) is 74.3 cm³/mol. The molecular weight excluding hydrogens is 355 g/mol. The van der Waals surface area contributed by atoms with Gasteiger partial charge in [0.25, 0.3) is 0 Å². The van der Waals surface area contributed by atoms with Gasteiger partial charge in [0.15, 0.2) is 0 Å². The summed E-state index contributed by atoms with van der Waals surface area (Å²) in [5, 5.41) is 0. The summed E-state index contributed by atoms with van der Waals surface area (Å²) < 4.78 is 0. The summed E-state index contributed by atoms with van der Waals surface area (Å²) in [7, 11) is 0. The molecule has 0 aromatic carbocycles. The smallest absolute Gasteiger partial charge is 0.298 e. The van der Waals surface area contributed by atoms with E-state index in [2.05, 4.69) is 19.6 Å². The maximum atomic E-state index is 10.7. The van der Waals surface area contributed by atoms with Crippen LogP contribution in [0.5, 0.6) is 0 Å². The normalized spacial score (nSPS) is 9.52. The molecule has 0 amide bonds. The Balaban J connectivity index is -0.000000295. The Morgan fingerprint density at radius 2 is 1.05 bits per heavy atom. The van der Waals surface area contributed by atoms with Crippen LogP contribution in [0.25, 0.3) is 0 Å². The molecular formula is C14H28O6Zr. The Kier molecular flexibility index (Phi) is 21.8. The number of rotatable bonds is 8. The van der Waals surface area contributed by atoms with Crippen LogP contribution in [0.1, 0.15) is 54.4 Å². The third kappa shape index (κ3) is 19.7. The Hall–Kier alpha value is -0.257. The minimum Gasteiger partial charge on any atom is -0.298 e. The molecule has 0 aromatic heterocycles. The predicted octanol–water partition coefficient (Wildman–Crippen LogP) is 3.05. The molecule has 0 atom stereocenters. The number of hydrogen-bond donors (Lipinski definition) is 0. The zero-order chi connectivity index (χ0) is 16.0. The van der Waals surface area contributed by atoms with Crippen molar-refractivity contribution in [2.75, 3.05) is 13.2 Å². The van der Waals surface area contributed by atoms with Crippen molar-refractivity contribution in [1.29, 1.82) is 0 Å². The summed E-state index contributed by atoms with van der Waals surface area (Å²) in [6.45, 7) is 11.9. The van der Waals surface area contributed by atoms with E-state index in [1.165, 1.54) is 0 Å². The number of carbonyl (C=O) groups is 2. The van der Waals surface area contributed by atoms with Crippen LogP contribution in [-0.2, 0) is 55.3 Å². The number of carbonyl (C=O) groups excluding carboxylic acids is 2. The number of hydrogen-bond acceptors (Lipinski definition) is 6. The fourth-order valence-corrected chi connectivity index (χ4v) is 0.559. The van der Waals surface area contributed by atoms with Gasteiger partial charge in [0.2, 0.25) is 0 Å². The Morgan fingerprint density at radius 1 is 0.762 bits per heavy atom. The second-order valence-corrected chi connectivity index (χ2v) is 4.76. The average molecular weight is 384 g/mol. The summed E-state index contributed by atoms with van der Waals surface area (Å²) in [6.07, 6.45) is 1.71. The van der Waals surface area contributed by atoms with E-state index in [-0.39, 0.29) is 50.0 Å². The van der Waals surface area contributed by atoms with Crippen LogP contribution < -0.4 is 0 Å². The molecule has 0 N–H and O–H groups in total. The van der Waals surface area contributed by atoms with Crippen LogP contribution in [0.4, 0.5) is 0 Å². The molecule has 6 nitrogen and oxygen atoms in total. The Morgan fingerprint density at radius 3 is 1.24 bits per heavy atom. The molecule has 0 unspecified atom stereocenters. The van der Waals surface area contributed by atoms with E-state index in [1.54, 1.807) is 27.7 Å². The molecule has 0 fully saturated rings. The first-order chi connectivity index (χ1) is 9.36. The van der Waals surface area contributed by atoms with Crippen LogP contribution in [0.2, 0.25) is 0 Å². The average Bonchev–Trinajstić information content (AvgIpc) is 2.39. The van der Waals surface area contributed by atoms with Crippen molar-refractivity contribution < 1.29 is 55.3 Å². The largest absolute Gasteiger partial charge is 0.344 e. The molecule has 0 aliphatic carbocycles. The molecule has 0 aliphatic heterocycles. The van der Waals surface area contributed by atoms with E-state index in [0.717, 1.165) is 12.8 Å². The molecule has 0 spiro atoms. The minimum absolute atomic E-state index is 0. The summed E-state index contributed by atoms with van der Waals surface area (Å²) in [5.41, 5.74) is 0. The van der Waals surface area contributed by atoms with E-state index >= 15 is 0 Å². The van der Waals surface area contributed by atoms with E-state index in [9.17, 15) is 9.59 Å². The standard InChI is InChI=1S/2C7H14O3.Zr/c2*1-4-5-9-10-7(8)6(2)3;/h2*6H,4-5H2,1-3H3;. The van der Waals surface area contributed by atoms with Crippen LogP contribution in [0.3, 0.4) is 0 Å². The second kappa shape index (κ2) is 17.8. The molecule has 0 radical (unpaired) electrons. The molecule has 0 aromatic rings. The molecule has 0 saturated heterocycles. The molecule has 0 heterocycles. The van der Waals surface area contributed by atoms with Gasteiger partial charge in [-0.1, -0.05) is 41.5 Å². The van der Waals surface area contributed by atoms with Gasteiger partial charge >= 0.3 is 11.9 Å². The zero-order valence-electron chi connectivity index (χ0n) is 13.9. The first-order valence-electron chi connectivity index (χ1n) is 7.03. The van der Waals surface area contributed by atoms with E-state index in [1.807, 2.05) is 13.8 Å². The van der Waals surface area contributed by atoms with Gasteiger partial charge in [-0.3, -0.25) is 9.78 Å². The van der Waals surface area contributed by atoms with Gasteiger partial charge in [0.1, 0.15) is 0 Å². The maximum absolute atomic E-state index is 10.7. The van der Waals surface area contributed by atoms with E-state index in [4.69, 9.17) is 0 Å². The van der Waals surface area contributed by atoms with Crippen LogP contribution in [0.15, 0.2) is 0 Å². The fraction of sp³-hybridized carbons (Fsp3) is 0.857. The summed E-state index contributed by atoms with van der Waals surface area (Å²) in [5.74, 6) is -0.851. The van der Waals surface area contributed by atoms with Gasteiger partial charge in [0, 0.05) is 26.2 Å². The third-order valence-electron chi connectivity index (χ3n) is 1.80.